The molecule has 0 heterocycles. The third-order valence-corrected chi connectivity index (χ3v) is 4.53. The normalized spacial score (nSPS) is 21.5. The molecule has 1 N–H and O–H groups in total. The summed E-state index contributed by atoms with van der Waals surface area (Å²) in [5.74, 6) is -0.259. The van der Waals surface area contributed by atoms with Crippen molar-refractivity contribution in [2.75, 3.05) is 7.11 Å². The number of ketones is 1. The van der Waals surface area contributed by atoms with Crippen LogP contribution in [-0.2, 0) is 14.3 Å². The molecule has 140 valence electrons. The van der Waals surface area contributed by atoms with Gasteiger partial charge in [-0.3, -0.25) is 4.79 Å². The Morgan fingerprint density at radius 2 is 2.04 bits per heavy atom. The molecule has 0 amide bonds. The lowest BCUT2D eigenvalue weighted by atomic mass is 9.90. The second-order valence-electron chi connectivity index (χ2n) is 6.55. The van der Waals surface area contributed by atoms with Crippen LogP contribution in [0.1, 0.15) is 58.3 Å². The van der Waals surface area contributed by atoms with Crippen LogP contribution in [0.2, 0.25) is 0 Å². The SMILES string of the molecule is CCCCCCC=C[C@H]1C=CC(=O)[C@@H]1C/C=C\CCC(O)C(=O)OC. The van der Waals surface area contributed by atoms with Crippen LogP contribution in [0, 0.1) is 11.8 Å². The standard InChI is InChI=1S/C21H32O4/c1-3-4-5-6-7-9-12-17-15-16-19(22)18(17)13-10-8-11-14-20(23)21(24)25-2/h8-10,12,15-18,20,23H,3-7,11,13-14H2,1-2H3/b10-8-,12-9?/t17-,18+,20?/m0/s1. The first-order chi connectivity index (χ1) is 12.1. The van der Waals surface area contributed by atoms with E-state index < -0.39 is 12.1 Å². The molecule has 4 heteroatoms. The monoisotopic (exact) mass is 348 g/mol. The average Bonchev–Trinajstić information content (AvgIpc) is 2.96. The van der Waals surface area contributed by atoms with Gasteiger partial charge in [0.05, 0.1) is 7.11 Å². The molecule has 0 fully saturated rings. The predicted molar refractivity (Wildman–Crippen MR) is 100 cm³/mol. The summed E-state index contributed by atoms with van der Waals surface area (Å²) in [5.41, 5.74) is 0. The summed E-state index contributed by atoms with van der Waals surface area (Å²) < 4.78 is 4.47. The van der Waals surface area contributed by atoms with Gasteiger partial charge in [0.1, 0.15) is 0 Å². The number of ether oxygens (including phenoxy) is 1. The third-order valence-electron chi connectivity index (χ3n) is 4.53. The molecule has 0 aromatic rings. The van der Waals surface area contributed by atoms with E-state index in [1.165, 1.54) is 32.8 Å². The molecular formula is C21H32O4. The van der Waals surface area contributed by atoms with Crippen molar-refractivity contribution in [1.82, 2.24) is 0 Å². The van der Waals surface area contributed by atoms with E-state index in [9.17, 15) is 14.7 Å². The maximum absolute atomic E-state index is 12.0. The average molecular weight is 348 g/mol. The summed E-state index contributed by atoms with van der Waals surface area (Å²) in [7, 11) is 1.26. The van der Waals surface area contributed by atoms with E-state index in [2.05, 4.69) is 23.8 Å². The number of aliphatic hydroxyl groups excluding tert-OH is 1. The van der Waals surface area contributed by atoms with Crippen molar-refractivity contribution in [3.05, 3.63) is 36.5 Å². The molecule has 0 bridgehead atoms. The number of carbonyl (C=O) groups excluding carboxylic acids is 2. The second kappa shape index (κ2) is 12.6. The zero-order valence-electron chi connectivity index (χ0n) is 15.5. The summed E-state index contributed by atoms with van der Waals surface area (Å²) in [6.45, 7) is 2.21. The van der Waals surface area contributed by atoms with Crippen molar-refractivity contribution in [3.63, 3.8) is 0 Å². The van der Waals surface area contributed by atoms with Crippen molar-refractivity contribution < 1.29 is 19.4 Å². The van der Waals surface area contributed by atoms with Crippen molar-refractivity contribution in [2.45, 2.75) is 64.4 Å². The minimum atomic E-state index is -1.08. The highest BCUT2D eigenvalue weighted by Crippen LogP contribution is 2.27. The topological polar surface area (TPSA) is 63.6 Å². The molecule has 1 aliphatic rings. The Morgan fingerprint density at radius 3 is 2.76 bits per heavy atom. The maximum atomic E-state index is 12.0. The fourth-order valence-electron chi connectivity index (χ4n) is 2.94. The van der Waals surface area contributed by atoms with Gasteiger partial charge in [0, 0.05) is 11.8 Å². The second-order valence-corrected chi connectivity index (χ2v) is 6.55. The van der Waals surface area contributed by atoms with E-state index >= 15 is 0 Å². The first kappa shape index (κ1) is 21.4. The van der Waals surface area contributed by atoms with E-state index in [1.54, 1.807) is 6.08 Å². The van der Waals surface area contributed by atoms with E-state index in [4.69, 9.17) is 0 Å². The van der Waals surface area contributed by atoms with Crippen LogP contribution in [0.3, 0.4) is 0 Å². The van der Waals surface area contributed by atoms with Crippen LogP contribution in [0.5, 0.6) is 0 Å². The van der Waals surface area contributed by atoms with Crippen molar-refractivity contribution in [2.24, 2.45) is 11.8 Å². The summed E-state index contributed by atoms with van der Waals surface area (Å²) in [4.78, 5) is 23.1. The molecule has 1 aliphatic carbocycles. The Balaban J connectivity index is 2.32. The van der Waals surface area contributed by atoms with Crippen LogP contribution in [0.15, 0.2) is 36.5 Å². The Hall–Kier alpha value is -1.68. The van der Waals surface area contributed by atoms with Crippen LogP contribution in [0.25, 0.3) is 0 Å². The van der Waals surface area contributed by atoms with Crippen LogP contribution < -0.4 is 0 Å². The highest BCUT2D eigenvalue weighted by atomic mass is 16.5. The number of unbranched alkanes of at least 4 members (excludes halogenated alkanes) is 4. The minimum absolute atomic E-state index is 0.0197. The molecule has 0 aliphatic heterocycles. The van der Waals surface area contributed by atoms with Gasteiger partial charge < -0.3 is 9.84 Å². The van der Waals surface area contributed by atoms with Gasteiger partial charge in [-0.15, -0.1) is 0 Å². The molecule has 25 heavy (non-hydrogen) atoms. The number of esters is 1. The number of rotatable bonds is 12. The first-order valence-corrected chi connectivity index (χ1v) is 9.39. The van der Waals surface area contributed by atoms with Crippen LogP contribution >= 0.6 is 0 Å². The Bertz CT molecular complexity index is 490. The molecule has 4 nitrogen and oxygen atoms in total. The predicted octanol–water partition coefficient (Wildman–Crippen LogP) is 4.14. The van der Waals surface area contributed by atoms with Gasteiger partial charge in [0.25, 0.3) is 0 Å². The highest BCUT2D eigenvalue weighted by Gasteiger charge is 2.26. The molecule has 3 atom stereocenters. The fraction of sp³-hybridized carbons (Fsp3) is 0.619. The largest absolute Gasteiger partial charge is 0.467 e. The zero-order valence-corrected chi connectivity index (χ0v) is 15.5. The maximum Gasteiger partial charge on any atom is 0.334 e. The van der Waals surface area contributed by atoms with Gasteiger partial charge in [-0.05, 0) is 38.2 Å². The molecule has 0 aromatic carbocycles. The lowest BCUT2D eigenvalue weighted by Crippen LogP contribution is -2.21. The smallest absolute Gasteiger partial charge is 0.334 e. The molecule has 1 unspecified atom stereocenters. The van der Waals surface area contributed by atoms with Gasteiger partial charge in [-0.2, -0.15) is 0 Å². The van der Waals surface area contributed by atoms with E-state index in [0.29, 0.717) is 19.3 Å². The number of carbonyl (C=O) groups is 2. The minimum Gasteiger partial charge on any atom is -0.467 e. The Kier molecular flexibility index (Phi) is 10.8. The zero-order chi connectivity index (χ0) is 18.5. The third kappa shape index (κ3) is 8.30. The fourth-order valence-corrected chi connectivity index (χ4v) is 2.94. The summed E-state index contributed by atoms with van der Waals surface area (Å²) in [6.07, 6.45) is 18.5. The number of aliphatic hydroxyl groups is 1. The number of methoxy groups -OCH3 is 1. The van der Waals surface area contributed by atoms with Crippen molar-refractivity contribution in [1.29, 1.82) is 0 Å². The lowest BCUT2D eigenvalue weighted by molar-refractivity contribution is -0.150. The van der Waals surface area contributed by atoms with E-state index in [1.807, 2.05) is 18.2 Å². The number of allylic oxidation sites excluding steroid dienone is 6. The molecule has 0 saturated heterocycles. The Labute approximate surface area is 151 Å². The lowest BCUT2D eigenvalue weighted by Gasteiger charge is -2.12. The number of hydrogen-bond acceptors (Lipinski definition) is 4. The molecule has 1 rings (SSSR count). The van der Waals surface area contributed by atoms with E-state index in [-0.39, 0.29) is 17.6 Å². The highest BCUT2D eigenvalue weighted by molar-refractivity contribution is 5.95. The van der Waals surface area contributed by atoms with Gasteiger partial charge in [-0.1, -0.05) is 56.6 Å². The molecular weight excluding hydrogens is 316 g/mol. The Morgan fingerprint density at radius 1 is 1.24 bits per heavy atom. The quantitative estimate of drug-likeness (QED) is 0.327. The first-order valence-electron chi connectivity index (χ1n) is 9.39. The van der Waals surface area contributed by atoms with Gasteiger partial charge in [-0.25, -0.2) is 4.79 Å². The van der Waals surface area contributed by atoms with E-state index in [0.717, 1.165) is 6.42 Å². The molecule has 0 saturated carbocycles. The molecule has 0 spiro atoms. The molecule has 0 radical (unpaired) electrons. The molecule has 0 aromatic heterocycles. The van der Waals surface area contributed by atoms with Crippen molar-refractivity contribution >= 4 is 11.8 Å². The van der Waals surface area contributed by atoms with Crippen LogP contribution in [-0.4, -0.2) is 30.1 Å². The number of hydrogen-bond donors (Lipinski definition) is 1. The summed E-state index contributed by atoms with van der Waals surface area (Å²) in [5, 5.41) is 9.51. The van der Waals surface area contributed by atoms with Crippen molar-refractivity contribution in [3.8, 4) is 0 Å². The van der Waals surface area contributed by atoms with Gasteiger partial charge in [0.15, 0.2) is 11.9 Å². The van der Waals surface area contributed by atoms with Gasteiger partial charge in [0.2, 0.25) is 0 Å². The van der Waals surface area contributed by atoms with Gasteiger partial charge >= 0.3 is 5.97 Å². The van der Waals surface area contributed by atoms with Crippen LogP contribution in [0.4, 0.5) is 0 Å². The summed E-state index contributed by atoms with van der Waals surface area (Å²) >= 11 is 0. The summed E-state index contributed by atoms with van der Waals surface area (Å²) in [6, 6.07) is 0.